The Kier molecular flexibility index (Phi) is 4.43. The number of benzene rings is 1. The van der Waals surface area contributed by atoms with E-state index in [2.05, 4.69) is 15.9 Å². The number of nitrogens with zero attached hydrogens (tertiary/aromatic N) is 1. The molecule has 0 unspecified atom stereocenters. The number of amides is 1. The van der Waals surface area contributed by atoms with E-state index in [0.29, 0.717) is 17.1 Å². The van der Waals surface area contributed by atoms with Crippen molar-refractivity contribution in [3.63, 3.8) is 0 Å². The standard InChI is InChI=1S/C13H11BrClNOS/c1-16(8-10-3-2-6-18-10)13(17)9-4-5-11(14)12(15)7-9/h2-7H,8H2,1H3. The molecule has 0 radical (unpaired) electrons. The van der Waals surface area contributed by atoms with Crippen LogP contribution in [0, 0.1) is 0 Å². The molecule has 1 heterocycles. The molecule has 0 spiro atoms. The highest BCUT2D eigenvalue weighted by molar-refractivity contribution is 9.10. The van der Waals surface area contributed by atoms with Gasteiger partial charge in [-0.25, -0.2) is 0 Å². The number of halogens is 2. The Morgan fingerprint density at radius 2 is 2.22 bits per heavy atom. The van der Waals surface area contributed by atoms with Gasteiger partial charge in [0.25, 0.3) is 5.91 Å². The first-order chi connectivity index (χ1) is 8.58. The first-order valence-corrected chi connectivity index (χ1v) is 7.36. The summed E-state index contributed by atoms with van der Waals surface area (Å²) >= 11 is 10.9. The smallest absolute Gasteiger partial charge is 0.253 e. The summed E-state index contributed by atoms with van der Waals surface area (Å²) in [5.41, 5.74) is 0.599. The van der Waals surface area contributed by atoms with Crippen LogP contribution < -0.4 is 0 Å². The van der Waals surface area contributed by atoms with E-state index >= 15 is 0 Å². The summed E-state index contributed by atoms with van der Waals surface area (Å²) in [4.78, 5) is 15.0. The molecule has 1 amide bonds. The minimum atomic E-state index is -0.0298. The first-order valence-electron chi connectivity index (χ1n) is 5.31. The molecule has 0 aliphatic carbocycles. The van der Waals surface area contributed by atoms with E-state index in [1.807, 2.05) is 17.5 Å². The van der Waals surface area contributed by atoms with Gasteiger partial charge in [-0.1, -0.05) is 17.7 Å². The molecule has 2 aromatic rings. The second kappa shape index (κ2) is 5.87. The minimum Gasteiger partial charge on any atom is -0.337 e. The highest BCUT2D eigenvalue weighted by Crippen LogP contribution is 2.24. The maximum absolute atomic E-state index is 12.2. The van der Waals surface area contributed by atoms with Crippen LogP contribution in [0.5, 0.6) is 0 Å². The third-order valence-electron chi connectivity index (χ3n) is 2.49. The number of carbonyl (C=O) groups excluding carboxylic acids is 1. The molecule has 1 aromatic carbocycles. The van der Waals surface area contributed by atoms with Gasteiger partial charge >= 0.3 is 0 Å². The molecule has 2 rings (SSSR count). The highest BCUT2D eigenvalue weighted by atomic mass is 79.9. The summed E-state index contributed by atoms with van der Waals surface area (Å²) in [6.07, 6.45) is 0. The molecule has 0 aliphatic heterocycles. The van der Waals surface area contributed by atoms with Gasteiger partial charge in [0, 0.05) is 22.0 Å². The van der Waals surface area contributed by atoms with Crippen LogP contribution in [-0.4, -0.2) is 17.9 Å². The second-order valence-corrected chi connectivity index (χ2v) is 6.16. The lowest BCUT2D eigenvalue weighted by Gasteiger charge is -2.16. The molecule has 2 nitrogen and oxygen atoms in total. The van der Waals surface area contributed by atoms with Crippen molar-refractivity contribution in [3.8, 4) is 0 Å². The molecule has 0 saturated heterocycles. The Morgan fingerprint density at radius 3 is 2.83 bits per heavy atom. The van der Waals surface area contributed by atoms with E-state index in [0.717, 1.165) is 9.35 Å². The van der Waals surface area contributed by atoms with Crippen LogP contribution in [0.15, 0.2) is 40.2 Å². The molecular weight excluding hydrogens is 334 g/mol. The van der Waals surface area contributed by atoms with Crippen LogP contribution in [0.2, 0.25) is 5.02 Å². The van der Waals surface area contributed by atoms with Gasteiger partial charge in [-0.2, -0.15) is 0 Å². The van der Waals surface area contributed by atoms with Crippen molar-refractivity contribution in [1.82, 2.24) is 4.90 Å². The molecule has 0 saturated carbocycles. The lowest BCUT2D eigenvalue weighted by atomic mass is 10.2. The van der Waals surface area contributed by atoms with Crippen molar-refractivity contribution in [2.75, 3.05) is 7.05 Å². The average Bonchev–Trinajstić information content (AvgIpc) is 2.84. The molecule has 0 fully saturated rings. The van der Waals surface area contributed by atoms with Crippen molar-refractivity contribution in [2.24, 2.45) is 0 Å². The SMILES string of the molecule is CN(Cc1cccs1)C(=O)c1ccc(Br)c(Cl)c1. The van der Waals surface area contributed by atoms with Gasteiger partial charge in [0.1, 0.15) is 0 Å². The number of hydrogen-bond donors (Lipinski definition) is 0. The van der Waals surface area contributed by atoms with Gasteiger partial charge in [0.15, 0.2) is 0 Å². The van der Waals surface area contributed by atoms with Gasteiger partial charge in [0.2, 0.25) is 0 Å². The predicted octanol–water partition coefficient (Wildman–Crippen LogP) is 4.44. The lowest BCUT2D eigenvalue weighted by molar-refractivity contribution is 0.0786. The fraction of sp³-hybridized carbons (Fsp3) is 0.154. The van der Waals surface area contributed by atoms with Crippen molar-refractivity contribution < 1.29 is 4.79 Å². The van der Waals surface area contributed by atoms with Crippen LogP contribution in [0.1, 0.15) is 15.2 Å². The predicted molar refractivity (Wildman–Crippen MR) is 79.3 cm³/mol. The van der Waals surface area contributed by atoms with Crippen molar-refractivity contribution in [3.05, 3.63) is 55.6 Å². The third-order valence-corrected chi connectivity index (χ3v) is 4.58. The monoisotopic (exact) mass is 343 g/mol. The first kappa shape index (κ1) is 13.6. The van der Waals surface area contributed by atoms with Crippen molar-refractivity contribution in [2.45, 2.75) is 6.54 Å². The summed E-state index contributed by atoms with van der Waals surface area (Å²) < 4.78 is 0.793. The van der Waals surface area contributed by atoms with E-state index < -0.39 is 0 Å². The van der Waals surface area contributed by atoms with Crippen LogP contribution >= 0.6 is 38.9 Å². The molecule has 0 N–H and O–H groups in total. The Hall–Kier alpha value is -0.840. The molecule has 1 aromatic heterocycles. The summed E-state index contributed by atoms with van der Waals surface area (Å²) in [5.74, 6) is -0.0298. The Bertz CT molecular complexity index is 556. The zero-order valence-corrected chi connectivity index (χ0v) is 12.8. The van der Waals surface area contributed by atoms with E-state index in [9.17, 15) is 4.79 Å². The molecule has 0 atom stereocenters. The number of thiophene rings is 1. The van der Waals surface area contributed by atoms with E-state index in [1.54, 1.807) is 41.5 Å². The third kappa shape index (κ3) is 3.13. The average molecular weight is 345 g/mol. The fourth-order valence-electron chi connectivity index (χ4n) is 1.56. The highest BCUT2D eigenvalue weighted by Gasteiger charge is 2.13. The minimum absolute atomic E-state index is 0.0298. The molecular formula is C13H11BrClNOS. The van der Waals surface area contributed by atoms with Crippen LogP contribution in [0.25, 0.3) is 0 Å². The zero-order chi connectivity index (χ0) is 13.1. The van der Waals surface area contributed by atoms with E-state index in [-0.39, 0.29) is 5.91 Å². The summed E-state index contributed by atoms with van der Waals surface area (Å²) in [6, 6.07) is 9.23. The topological polar surface area (TPSA) is 20.3 Å². The molecule has 5 heteroatoms. The summed E-state index contributed by atoms with van der Waals surface area (Å²) in [7, 11) is 1.79. The summed E-state index contributed by atoms with van der Waals surface area (Å²) in [5, 5.41) is 2.55. The maximum atomic E-state index is 12.2. The van der Waals surface area contributed by atoms with Crippen LogP contribution in [0.4, 0.5) is 0 Å². The van der Waals surface area contributed by atoms with Gasteiger partial charge in [0.05, 0.1) is 11.6 Å². The fourth-order valence-corrected chi connectivity index (χ4v) is 2.74. The molecule has 0 aliphatic rings. The van der Waals surface area contributed by atoms with Crippen LogP contribution in [0.3, 0.4) is 0 Å². The van der Waals surface area contributed by atoms with Crippen molar-refractivity contribution >= 4 is 44.8 Å². The Morgan fingerprint density at radius 1 is 1.44 bits per heavy atom. The Balaban J connectivity index is 2.12. The van der Waals surface area contributed by atoms with Gasteiger partial charge in [-0.05, 0) is 45.6 Å². The molecule has 94 valence electrons. The van der Waals surface area contributed by atoms with E-state index in [4.69, 9.17) is 11.6 Å². The van der Waals surface area contributed by atoms with Gasteiger partial charge in [-0.15, -0.1) is 11.3 Å². The number of carbonyl (C=O) groups is 1. The van der Waals surface area contributed by atoms with Crippen LogP contribution in [-0.2, 0) is 6.54 Å². The van der Waals surface area contributed by atoms with E-state index in [1.165, 1.54) is 0 Å². The summed E-state index contributed by atoms with van der Waals surface area (Å²) in [6.45, 7) is 0.615. The Labute approximate surface area is 123 Å². The number of rotatable bonds is 3. The normalized spacial score (nSPS) is 10.4. The largest absolute Gasteiger partial charge is 0.337 e. The quantitative estimate of drug-likeness (QED) is 0.806. The second-order valence-electron chi connectivity index (χ2n) is 3.87. The zero-order valence-electron chi connectivity index (χ0n) is 9.69. The van der Waals surface area contributed by atoms with Gasteiger partial charge < -0.3 is 4.90 Å². The number of hydrogen-bond acceptors (Lipinski definition) is 2. The maximum Gasteiger partial charge on any atom is 0.253 e. The van der Waals surface area contributed by atoms with Gasteiger partial charge in [-0.3, -0.25) is 4.79 Å². The molecule has 0 bridgehead atoms. The molecule has 18 heavy (non-hydrogen) atoms. The van der Waals surface area contributed by atoms with Crippen molar-refractivity contribution in [1.29, 1.82) is 0 Å². The lowest BCUT2D eigenvalue weighted by Crippen LogP contribution is -2.25.